The number of hydrogen-bond acceptors (Lipinski definition) is 2. The van der Waals surface area contributed by atoms with Gasteiger partial charge in [0.15, 0.2) is 0 Å². The highest BCUT2D eigenvalue weighted by Crippen LogP contribution is 2.50. The van der Waals surface area contributed by atoms with Gasteiger partial charge in [0, 0.05) is 34.1 Å². The molecule has 0 spiro atoms. The Hall–Kier alpha value is -6.84. The zero-order valence-electron chi connectivity index (χ0n) is 44.6. The summed E-state index contributed by atoms with van der Waals surface area (Å²) in [7, 11) is 0. The number of anilines is 6. The first kappa shape index (κ1) is 46.5. The molecular formula is C68H69BN2. The molecule has 0 N–H and O–H groups in total. The average molecular weight is 925 g/mol. The van der Waals surface area contributed by atoms with E-state index in [2.05, 4.69) is 271 Å². The first-order valence-corrected chi connectivity index (χ1v) is 25.9. The largest absolute Gasteiger partial charge is 0.311 e. The highest BCUT2D eigenvalue weighted by Gasteiger charge is 2.46. The minimum Gasteiger partial charge on any atom is -0.311 e. The molecule has 354 valence electrons. The monoisotopic (exact) mass is 925 g/mol. The highest BCUT2D eigenvalue weighted by molar-refractivity contribution is 7.03. The number of benzene rings is 9. The number of aryl methyl sites for hydroxylation is 2. The third-order valence-corrected chi connectivity index (χ3v) is 15.6. The molecule has 0 amide bonds. The Kier molecular flexibility index (Phi) is 10.7. The van der Waals surface area contributed by atoms with Crippen molar-refractivity contribution in [3.8, 4) is 22.3 Å². The predicted octanol–water partition coefficient (Wildman–Crippen LogP) is 17.2. The van der Waals surface area contributed by atoms with Crippen LogP contribution in [-0.2, 0) is 21.7 Å². The van der Waals surface area contributed by atoms with E-state index in [1.807, 2.05) is 0 Å². The third kappa shape index (κ3) is 7.88. The average Bonchev–Trinajstić information content (AvgIpc) is 3.32. The van der Waals surface area contributed by atoms with Gasteiger partial charge in [-0.15, -0.1) is 0 Å². The molecule has 0 aromatic heterocycles. The summed E-state index contributed by atoms with van der Waals surface area (Å²) in [4.78, 5) is 5.32. The minimum absolute atomic E-state index is 0.0628. The van der Waals surface area contributed by atoms with Crippen LogP contribution in [-0.4, -0.2) is 6.71 Å². The fourth-order valence-electron chi connectivity index (χ4n) is 11.7. The molecule has 2 nitrogen and oxygen atoms in total. The van der Waals surface area contributed by atoms with Crippen molar-refractivity contribution in [3.63, 3.8) is 0 Å². The smallest absolute Gasteiger partial charge is 0.253 e. The molecule has 0 radical (unpaired) electrons. The fraction of sp³-hybridized carbons (Fsp3) is 0.265. The zero-order chi connectivity index (χ0) is 50.1. The van der Waals surface area contributed by atoms with E-state index in [4.69, 9.17) is 0 Å². The van der Waals surface area contributed by atoms with Crippen molar-refractivity contribution >= 4 is 78.8 Å². The molecule has 9 aromatic rings. The molecule has 11 rings (SSSR count). The van der Waals surface area contributed by atoms with Crippen molar-refractivity contribution in [1.82, 2.24) is 0 Å². The van der Waals surface area contributed by atoms with Gasteiger partial charge in [0.1, 0.15) is 0 Å². The van der Waals surface area contributed by atoms with E-state index in [1.165, 1.54) is 128 Å². The molecule has 9 aromatic carbocycles. The van der Waals surface area contributed by atoms with E-state index < -0.39 is 0 Å². The van der Waals surface area contributed by atoms with Gasteiger partial charge in [-0.05, 0) is 178 Å². The van der Waals surface area contributed by atoms with Gasteiger partial charge in [0.2, 0.25) is 0 Å². The second kappa shape index (κ2) is 16.4. The molecule has 2 heterocycles. The molecule has 0 fully saturated rings. The Labute approximate surface area is 424 Å². The SMILES string of the molecule is Cc1cc(-c2ccccc2)cc(C)c1-c1cc2c3c(c1)N(c1cc(C(C)(C)C)cc(C(C)(C)C)c1)c1ccc4ccccc4c1B3c1c(ccc3ccccc13)N2c1cc(C(C)(C)C)cc(C(C)(C)C)c1. The number of hydrogen-bond donors (Lipinski definition) is 0. The van der Waals surface area contributed by atoms with Gasteiger partial charge in [-0.25, -0.2) is 0 Å². The molecule has 0 atom stereocenters. The lowest BCUT2D eigenvalue weighted by molar-refractivity contribution is 0.568. The van der Waals surface area contributed by atoms with E-state index in [1.54, 1.807) is 0 Å². The summed E-state index contributed by atoms with van der Waals surface area (Å²) in [5.41, 5.74) is 24.0. The van der Waals surface area contributed by atoms with Crippen molar-refractivity contribution in [2.45, 2.75) is 119 Å². The highest BCUT2D eigenvalue weighted by atomic mass is 15.2. The summed E-state index contributed by atoms with van der Waals surface area (Å²) in [6.45, 7) is 32.9. The van der Waals surface area contributed by atoms with E-state index in [9.17, 15) is 0 Å². The number of fused-ring (bicyclic) bond motifs is 8. The van der Waals surface area contributed by atoms with Gasteiger partial charge in [-0.3, -0.25) is 0 Å². The predicted molar refractivity (Wildman–Crippen MR) is 311 cm³/mol. The van der Waals surface area contributed by atoms with Crippen molar-refractivity contribution in [3.05, 3.63) is 197 Å². The van der Waals surface area contributed by atoms with Gasteiger partial charge in [-0.1, -0.05) is 198 Å². The summed E-state index contributed by atoms with van der Waals surface area (Å²) in [6.07, 6.45) is 0. The summed E-state index contributed by atoms with van der Waals surface area (Å²) in [6, 6.07) is 63.4. The Morgan fingerprint density at radius 1 is 0.324 bits per heavy atom. The molecule has 0 bridgehead atoms. The van der Waals surface area contributed by atoms with Crippen LogP contribution in [0, 0.1) is 13.8 Å². The molecule has 0 saturated heterocycles. The van der Waals surface area contributed by atoms with Gasteiger partial charge in [0.05, 0.1) is 0 Å². The van der Waals surface area contributed by atoms with Crippen LogP contribution in [0.1, 0.15) is 116 Å². The number of rotatable bonds is 4. The van der Waals surface area contributed by atoms with Crippen LogP contribution in [0.2, 0.25) is 0 Å². The second-order valence-corrected chi connectivity index (χ2v) is 24.9. The lowest BCUT2D eigenvalue weighted by Gasteiger charge is -2.46. The van der Waals surface area contributed by atoms with Gasteiger partial charge in [0.25, 0.3) is 6.71 Å². The summed E-state index contributed by atoms with van der Waals surface area (Å²) >= 11 is 0. The van der Waals surface area contributed by atoms with Crippen LogP contribution in [0.15, 0.2) is 164 Å². The van der Waals surface area contributed by atoms with E-state index in [0.29, 0.717) is 0 Å². The summed E-state index contributed by atoms with van der Waals surface area (Å²) in [5.74, 6) is 0. The van der Waals surface area contributed by atoms with Crippen molar-refractivity contribution in [2.75, 3.05) is 9.80 Å². The van der Waals surface area contributed by atoms with Crippen LogP contribution < -0.4 is 26.2 Å². The molecule has 0 aliphatic carbocycles. The fourth-order valence-corrected chi connectivity index (χ4v) is 11.7. The second-order valence-electron chi connectivity index (χ2n) is 24.9. The normalized spacial score (nSPS) is 13.7. The standard InChI is InChI=1S/C68H69BN2/c1-42-32-47(44-22-16-15-17-23-44)33-43(2)61(42)48-34-59-64-60(35-48)71(54-40-51(67(9,10)11)37-52(41-54)68(12,13)14)58-31-29-46-25-19-21-27-56(46)63(58)69(64)62-55-26-20-18-24-45(55)28-30-57(62)70(59)53-38-49(65(3,4)5)36-50(39-53)66(6,7)8/h15-41H,1-14H3. The Balaban J connectivity index is 1.34. The summed E-state index contributed by atoms with van der Waals surface area (Å²) < 4.78 is 0. The Morgan fingerprint density at radius 2 is 0.704 bits per heavy atom. The van der Waals surface area contributed by atoms with Crippen LogP contribution >= 0.6 is 0 Å². The maximum absolute atomic E-state index is 2.66. The minimum atomic E-state index is -0.0754. The maximum atomic E-state index is 2.66. The van der Waals surface area contributed by atoms with Crippen LogP contribution in [0.4, 0.5) is 34.1 Å². The quantitative estimate of drug-likeness (QED) is 0.162. The molecule has 0 saturated carbocycles. The van der Waals surface area contributed by atoms with Gasteiger partial charge < -0.3 is 9.80 Å². The van der Waals surface area contributed by atoms with Crippen LogP contribution in [0.3, 0.4) is 0 Å². The van der Waals surface area contributed by atoms with E-state index in [0.717, 1.165) is 0 Å². The van der Waals surface area contributed by atoms with Gasteiger partial charge >= 0.3 is 0 Å². The molecule has 2 aliphatic rings. The first-order chi connectivity index (χ1) is 33.6. The first-order valence-electron chi connectivity index (χ1n) is 25.9. The summed E-state index contributed by atoms with van der Waals surface area (Å²) in [5, 5.41) is 5.11. The zero-order valence-corrected chi connectivity index (χ0v) is 44.6. The lowest BCUT2D eigenvalue weighted by atomic mass is 9.32. The number of nitrogens with zero attached hydrogens (tertiary/aromatic N) is 2. The molecule has 3 heteroatoms. The van der Waals surface area contributed by atoms with Crippen LogP contribution in [0.5, 0.6) is 0 Å². The third-order valence-electron chi connectivity index (χ3n) is 15.6. The van der Waals surface area contributed by atoms with E-state index in [-0.39, 0.29) is 28.4 Å². The maximum Gasteiger partial charge on any atom is 0.253 e. The van der Waals surface area contributed by atoms with Gasteiger partial charge in [-0.2, -0.15) is 0 Å². The van der Waals surface area contributed by atoms with E-state index >= 15 is 0 Å². The topological polar surface area (TPSA) is 6.48 Å². The Bertz CT molecular complexity index is 3330. The van der Waals surface area contributed by atoms with Crippen molar-refractivity contribution in [2.24, 2.45) is 0 Å². The molecule has 2 aliphatic heterocycles. The lowest BCUT2D eigenvalue weighted by Crippen LogP contribution is -2.61. The Morgan fingerprint density at radius 3 is 1.10 bits per heavy atom. The van der Waals surface area contributed by atoms with Crippen LogP contribution in [0.25, 0.3) is 43.8 Å². The van der Waals surface area contributed by atoms with Crippen molar-refractivity contribution < 1.29 is 0 Å². The molecule has 71 heavy (non-hydrogen) atoms. The molecular weight excluding hydrogens is 856 g/mol. The molecule has 0 unspecified atom stereocenters. The van der Waals surface area contributed by atoms with Crippen molar-refractivity contribution in [1.29, 1.82) is 0 Å².